The van der Waals surface area contributed by atoms with Gasteiger partial charge in [-0.3, -0.25) is 0 Å². The molecule has 1 aliphatic rings. The van der Waals surface area contributed by atoms with E-state index in [2.05, 4.69) is 36.2 Å². The van der Waals surface area contributed by atoms with Crippen molar-refractivity contribution in [1.29, 1.82) is 0 Å². The Bertz CT molecular complexity index is 769. The Hall–Kier alpha value is -2.59. The number of aliphatic hydroxyl groups is 1. The van der Waals surface area contributed by atoms with Crippen molar-refractivity contribution >= 4 is 6.09 Å². The van der Waals surface area contributed by atoms with Crippen molar-refractivity contribution in [1.82, 2.24) is 5.32 Å². The average Bonchev–Trinajstić information content (AvgIpc) is 2.99. The van der Waals surface area contributed by atoms with Gasteiger partial charge >= 0.3 is 6.09 Å². The molecule has 2 N–H and O–H groups in total. The summed E-state index contributed by atoms with van der Waals surface area (Å²) < 4.78 is 5.55. The number of aliphatic hydroxyl groups excluding tert-OH is 1. The molecule has 0 saturated heterocycles. The Balaban J connectivity index is 1.69. The lowest BCUT2D eigenvalue weighted by molar-refractivity contribution is 0.115. The molecule has 0 radical (unpaired) electrons. The van der Waals surface area contributed by atoms with E-state index < -0.39 is 18.2 Å². The Labute approximate surface area is 160 Å². The lowest BCUT2D eigenvalue weighted by atomic mass is 9.98. The summed E-state index contributed by atoms with van der Waals surface area (Å²) in [5.74, 6) is 0.356. The van der Waals surface area contributed by atoms with Crippen molar-refractivity contribution < 1.29 is 14.6 Å². The molecule has 4 nitrogen and oxygen atoms in total. The number of ether oxygens (including phenoxy) is 1. The van der Waals surface area contributed by atoms with Crippen molar-refractivity contribution in [2.24, 2.45) is 5.92 Å². The highest BCUT2D eigenvalue weighted by atomic mass is 16.5. The van der Waals surface area contributed by atoms with Gasteiger partial charge in [0.2, 0.25) is 0 Å². The van der Waals surface area contributed by atoms with E-state index >= 15 is 0 Å². The van der Waals surface area contributed by atoms with Gasteiger partial charge in [0.05, 0.1) is 12.1 Å². The molecule has 0 fully saturated rings. The van der Waals surface area contributed by atoms with E-state index in [-0.39, 0.29) is 12.5 Å². The number of hydrogen-bond acceptors (Lipinski definition) is 3. The number of rotatable bonds is 7. The zero-order chi connectivity index (χ0) is 19.4. The molecule has 0 aliphatic heterocycles. The molecule has 4 heteroatoms. The van der Waals surface area contributed by atoms with Gasteiger partial charge in [-0.05, 0) is 34.6 Å². The molecule has 142 valence electrons. The van der Waals surface area contributed by atoms with Gasteiger partial charge in [-0.25, -0.2) is 4.79 Å². The molecule has 1 aliphatic carbocycles. The van der Waals surface area contributed by atoms with Gasteiger partial charge in [-0.15, -0.1) is 6.58 Å². The summed E-state index contributed by atoms with van der Waals surface area (Å²) in [6.07, 6.45) is 0.782. The van der Waals surface area contributed by atoms with Gasteiger partial charge in [0.15, 0.2) is 0 Å². The number of fused-ring (bicyclic) bond motifs is 3. The smallest absolute Gasteiger partial charge is 0.407 e. The normalized spacial score (nSPS) is 15.0. The van der Waals surface area contributed by atoms with Crippen LogP contribution in [0.3, 0.4) is 0 Å². The number of alkyl carbamates (subject to hydrolysis) is 1. The first-order valence-corrected chi connectivity index (χ1v) is 9.43. The first-order chi connectivity index (χ1) is 13.0. The lowest BCUT2D eigenvalue weighted by Crippen LogP contribution is -2.43. The minimum atomic E-state index is -0.798. The van der Waals surface area contributed by atoms with E-state index in [4.69, 9.17) is 4.74 Å². The summed E-state index contributed by atoms with van der Waals surface area (Å²) in [6.45, 7) is 7.96. The number of nitrogens with one attached hydrogen (secondary N) is 1. The fourth-order valence-corrected chi connectivity index (χ4v) is 3.75. The molecule has 0 spiro atoms. The SMILES string of the molecule is C=CC(O)C(CC(C)C)NC(=O)OCC1c2ccccc2-c2ccccc21. The van der Waals surface area contributed by atoms with Crippen molar-refractivity contribution in [3.05, 3.63) is 72.3 Å². The Kier molecular flexibility index (Phi) is 5.97. The molecule has 3 rings (SSSR count). The van der Waals surface area contributed by atoms with Crippen molar-refractivity contribution in [2.75, 3.05) is 6.61 Å². The maximum Gasteiger partial charge on any atom is 0.407 e. The van der Waals surface area contributed by atoms with E-state index in [0.29, 0.717) is 12.3 Å². The largest absolute Gasteiger partial charge is 0.449 e. The molecular formula is C23H27NO3. The van der Waals surface area contributed by atoms with Crippen LogP contribution in [0.2, 0.25) is 0 Å². The third-order valence-electron chi connectivity index (χ3n) is 5.03. The molecule has 2 aromatic carbocycles. The van der Waals surface area contributed by atoms with Crippen LogP contribution in [0.5, 0.6) is 0 Å². The van der Waals surface area contributed by atoms with Gasteiger partial charge < -0.3 is 15.2 Å². The van der Waals surface area contributed by atoms with Gasteiger partial charge in [-0.2, -0.15) is 0 Å². The zero-order valence-electron chi connectivity index (χ0n) is 15.9. The Morgan fingerprint density at radius 3 is 2.22 bits per heavy atom. The van der Waals surface area contributed by atoms with Crippen LogP contribution in [0, 0.1) is 5.92 Å². The first-order valence-electron chi connectivity index (χ1n) is 9.43. The first kappa shape index (κ1) is 19.2. The quantitative estimate of drug-likeness (QED) is 0.711. The number of carbonyl (C=O) groups is 1. The minimum Gasteiger partial charge on any atom is -0.449 e. The summed E-state index contributed by atoms with van der Waals surface area (Å²) in [5, 5.41) is 12.9. The van der Waals surface area contributed by atoms with Gasteiger partial charge in [0.25, 0.3) is 0 Å². The standard InChI is InChI=1S/C23H27NO3/c1-4-22(25)21(13-15(2)3)24-23(26)27-14-20-18-11-7-5-9-16(18)17-10-6-8-12-19(17)20/h4-12,15,20-22,25H,1,13-14H2,2-3H3,(H,24,26). The lowest BCUT2D eigenvalue weighted by Gasteiger charge is -2.24. The van der Waals surface area contributed by atoms with Crippen molar-refractivity contribution in [3.8, 4) is 11.1 Å². The summed E-state index contributed by atoms with van der Waals surface area (Å²) in [5.41, 5.74) is 4.75. The topological polar surface area (TPSA) is 58.6 Å². The molecular weight excluding hydrogens is 338 g/mol. The summed E-state index contributed by atoms with van der Waals surface area (Å²) >= 11 is 0. The molecule has 0 aromatic heterocycles. The van der Waals surface area contributed by atoms with Crippen LogP contribution >= 0.6 is 0 Å². The van der Waals surface area contributed by atoms with Crippen molar-refractivity contribution in [3.63, 3.8) is 0 Å². The van der Waals surface area contributed by atoms with E-state index in [1.807, 2.05) is 38.1 Å². The number of hydrogen-bond donors (Lipinski definition) is 2. The second-order valence-electron chi connectivity index (χ2n) is 7.43. The average molecular weight is 365 g/mol. The molecule has 0 heterocycles. The Morgan fingerprint density at radius 2 is 1.70 bits per heavy atom. The molecule has 2 unspecified atom stereocenters. The number of carbonyl (C=O) groups excluding carboxylic acids is 1. The molecule has 2 aromatic rings. The van der Waals surface area contributed by atoms with Crippen LogP contribution in [0.15, 0.2) is 61.2 Å². The maximum atomic E-state index is 12.4. The van der Waals surface area contributed by atoms with E-state index in [0.717, 1.165) is 0 Å². The van der Waals surface area contributed by atoms with Crippen LogP contribution in [0.4, 0.5) is 4.79 Å². The van der Waals surface area contributed by atoms with Gasteiger partial charge in [0.1, 0.15) is 6.61 Å². The highest BCUT2D eigenvalue weighted by Crippen LogP contribution is 2.44. The third kappa shape index (κ3) is 4.22. The van der Waals surface area contributed by atoms with Crippen LogP contribution in [-0.2, 0) is 4.74 Å². The fraction of sp³-hybridized carbons (Fsp3) is 0.348. The Morgan fingerprint density at radius 1 is 1.15 bits per heavy atom. The van der Waals surface area contributed by atoms with Gasteiger partial charge in [-0.1, -0.05) is 68.5 Å². The second kappa shape index (κ2) is 8.40. The second-order valence-corrected chi connectivity index (χ2v) is 7.43. The summed E-state index contributed by atoms with van der Waals surface area (Å²) in [6, 6.07) is 16.1. The number of benzene rings is 2. The molecule has 27 heavy (non-hydrogen) atoms. The molecule has 2 atom stereocenters. The zero-order valence-corrected chi connectivity index (χ0v) is 15.9. The van der Waals surface area contributed by atoms with Gasteiger partial charge in [0, 0.05) is 5.92 Å². The maximum absolute atomic E-state index is 12.4. The molecule has 0 bridgehead atoms. The van der Waals surface area contributed by atoms with Crippen molar-refractivity contribution in [2.45, 2.75) is 38.3 Å². The minimum absolute atomic E-state index is 0.0241. The number of amides is 1. The fourth-order valence-electron chi connectivity index (χ4n) is 3.75. The third-order valence-corrected chi connectivity index (χ3v) is 5.03. The van der Waals surface area contributed by atoms with Crippen LogP contribution in [0.25, 0.3) is 11.1 Å². The van der Waals surface area contributed by atoms with Crippen LogP contribution in [-0.4, -0.2) is 30.0 Å². The predicted octanol–water partition coefficient (Wildman–Crippen LogP) is 4.49. The summed E-state index contributed by atoms with van der Waals surface area (Å²) in [4.78, 5) is 12.4. The molecule has 1 amide bonds. The predicted molar refractivity (Wildman–Crippen MR) is 108 cm³/mol. The molecule has 0 saturated carbocycles. The van der Waals surface area contributed by atoms with Crippen LogP contribution in [0.1, 0.15) is 37.3 Å². The highest BCUT2D eigenvalue weighted by molar-refractivity contribution is 5.79. The summed E-state index contributed by atoms with van der Waals surface area (Å²) in [7, 11) is 0. The monoisotopic (exact) mass is 365 g/mol. The van der Waals surface area contributed by atoms with E-state index in [9.17, 15) is 9.90 Å². The van der Waals surface area contributed by atoms with E-state index in [1.165, 1.54) is 28.3 Å². The van der Waals surface area contributed by atoms with E-state index in [1.54, 1.807) is 0 Å². The van der Waals surface area contributed by atoms with Crippen LogP contribution < -0.4 is 5.32 Å². The highest BCUT2D eigenvalue weighted by Gasteiger charge is 2.29.